The third-order valence-corrected chi connectivity index (χ3v) is 9.71. The Labute approximate surface area is 231 Å². The minimum atomic E-state index is -4.78. The van der Waals surface area contributed by atoms with Crippen molar-refractivity contribution in [3.8, 4) is 11.1 Å². The predicted octanol–water partition coefficient (Wildman–Crippen LogP) is 4.19. The third-order valence-electron chi connectivity index (χ3n) is 7.14. The lowest BCUT2D eigenvalue weighted by Gasteiger charge is -2.33. The van der Waals surface area contributed by atoms with Crippen LogP contribution < -0.4 is 22.3 Å². The molecule has 1 fully saturated rings. The van der Waals surface area contributed by atoms with Crippen molar-refractivity contribution in [3.63, 3.8) is 0 Å². The average molecular weight is 587 g/mol. The molecule has 2 aromatic carbocycles. The Balaban J connectivity index is 1.58. The van der Waals surface area contributed by atoms with Gasteiger partial charge in [-0.3, -0.25) is 11.2 Å². The third kappa shape index (κ3) is 6.51. The van der Waals surface area contributed by atoms with Crippen molar-refractivity contribution in [1.82, 2.24) is 15.8 Å². The number of guanidine groups is 1. The number of nitrogens with two attached hydrogens (primary N) is 2. The lowest BCUT2D eigenvalue weighted by atomic mass is 9.92. The van der Waals surface area contributed by atoms with Crippen LogP contribution in [0.1, 0.15) is 51.2 Å². The van der Waals surface area contributed by atoms with E-state index in [1.165, 1.54) is 30.3 Å². The van der Waals surface area contributed by atoms with Crippen molar-refractivity contribution in [2.24, 2.45) is 21.9 Å². The second-order valence-electron chi connectivity index (χ2n) is 11.3. The molecule has 2 aliphatic heterocycles. The molecule has 1 saturated heterocycles. The summed E-state index contributed by atoms with van der Waals surface area (Å²) in [5, 5.41) is -0.755. The molecule has 39 heavy (non-hydrogen) atoms. The molecule has 2 aliphatic rings. The van der Waals surface area contributed by atoms with Crippen LogP contribution in [0.5, 0.6) is 0 Å². The molecule has 2 heterocycles. The van der Waals surface area contributed by atoms with Gasteiger partial charge in [0, 0.05) is 16.1 Å². The van der Waals surface area contributed by atoms with Crippen LogP contribution in [0.25, 0.3) is 11.1 Å². The van der Waals surface area contributed by atoms with Gasteiger partial charge < -0.3 is 10.6 Å². The van der Waals surface area contributed by atoms with Crippen molar-refractivity contribution in [2.45, 2.75) is 62.1 Å². The molecular formula is C26H34ClF3N6O2S. The van der Waals surface area contributed by atoms with E-state index in [-0.39, 0.29) is 38.0 Å². The fraction of sp³-hybridized carbons (Fsp3) is 0.500. The first-order chi connectivity index (χ1) is 18.0. The zero-order chi connectivity index (χ0) is 28.8. The quantitative estimate of drug-likeness (QED) is 0.400. The number of nitrogens with zero attached hydrogens (tertiary/aromatic N) is 2. The van der Waals surface area contributed by atoms with Gasteiger partial charge in [0.2, 0.25) is 11.7 Å². The highest BCUT2D eigenvalue weighted by Gasteiger charge is 2.40. The normalized spacial score (nSPS) is 21.6. The maximum atomic E-state index is 14.1. The largest absolute Gasteiger partial charge is 0.417 e. The predicted molar refractivity (Wildman–Crippen MR) is 146 cm³/mol. The van der Waals surface area contributed by atoms with Crippen molar-refractivity contribution >= 4 is 27.4 Å². The van der Waals surface area contributed by atoms with Crippen LogP contribution in [0.3, 0.4) is 0 Å². The Bertz CT molecular complexity index is 1350. The number of benzene rings is 2. The standard InChI is InChI=1S/C26H34ClF3N6O2S/c1-24(2,3)10-13-36-11-8-19(9-12-36)39(37,38)18-6-4-16(5-7-18)22-20(25(28,29)30)14-17(15-21(22)27)26(32)33-23(31)34-35-26/h4-7,14-15,19,35H,8-13,32H2,1-3H3,(H3,31,33,34). The number of halogens is 4. The van der Waals surface area contributed by atoms with E-state index in [1.807, 2.05) is 0 Å². The molecule has 214 valence electrons. The Morgan fingerprint density at radius 2 is 1.74 bits per heavy atom. The highest BCUT2D eigenvalue weighted by atomic mass is 35.5. The summed E-state index contributed by atoms with van der Waals surface area (Å²) in [4.78, 5) is 6.28. The molecule has 0 spiro atoms. The molecular weight excluding hydrogens is 553 g/mol. The van der Waals surface area contributed by atoms with Gasteiger partial charge in [-0.15, -0.1) is 0 Å². The molecule has 1 atom stereocenters. The minimum Gasteiger partial charge on any atom is -0.369 e. The topological polar surface area (TPSA) is 126 Å². The monoisotopic (exact) mass is 586 g/mol. The Morgan fingerprint density at radius 1 is 1.13 bits per heavy atom. The molecule has 6 N–H and O–H groups in total. The number of alkyl halides is 3. The first kappa shape index (κ1) is 29.6. The molecule has 0 bridgehead atoms. The number of piperidine rings is 1. The fourth-order valence-corrected chi connectivity index (χ4v) is 6.89. The molecule has 1 unspecified atom stereocenters. The summed E-state index contributed by atoms with van der Waals surface area (Å²) in [5.74, 6) is -1.83. The first-order valence-corrected chi connectivity index (χ1v) is 14.6. The summed E-state index contributed by atoms with van der Waals surface area (Å²) in [6.07, 6.45) is -2.73. The molecule has 13 heteroatoms. The number of hydrazine groups is 1. The van der Waals surface area contributed by atoms with Gasteiger partial charge in [-0.2, -0.15) is 18.6 Å². The van der Waals surface area contributed by atoms with E-state index < -0.39 is 32.6 Å². The van der Waals surface area contributed by atoms with Crippen LogP contribution >= 0.6 is 11.6 Å². The second kappa shape index (κ2) is 10.5. The van der Waals surface area contributed by atoms with Crippen molar-refractivity contribution in [3.05, 3.63) is 52.5 Å². The highest BCUT2D eigenvalue weighted by molar-refractivity contribution is 7.92. The van der Waals surface area contributed by atoms with E-state index in [4.69, 9.17) is 23.1 Å². The Morgan fingerprint density at radius 3 is 2.26 bits per heavy atom. The van der Waals surface area contributed by atoms with Gasteiger partial charge >= 0.3 is 6.18 Å². The molecule has 2 aromatic rings. The summed E-state index contributed by atoms with van der Waals surface area (Å²) in [5.41, 5.74) is 15.6. The van der Waals surface area contributed by atoms with Gasteiger partial charge in [0.1, 0.15) is 0 Å². The van der Waals surface area contributed by atoms with Gasteiger partial charge in [0.15, 0.2) is 9.84 Å². The van der Waals surface area contributed by atoms with Gasteiger partial charge in [0.05, 0.1) is 15.7 Å². The zero-order valence-corrected chi connectivity index (χ0v) is 23.6. The van der Waals surface area contributed by atoms with Gasteiger partial charge in [-0.25, -0.2) is 13.4 Å². The van der Waals surface area contributed by atoms with Crippen LogP contribution in [-0.4, -0.2) is 44.2 Å². The smallest absolute Gasteiger partial charge is 0.369 e. The van der Waals surface area contributed by atoms with E-state index in [1.54, 1.807) is 0 Å². The molecule has 0 aromatic heterocycles. The van der Waals surface area contributed by atoms with Crippen LogP contribution in [-0.2, 0) is 21.8 Å². The number of likely N-dealkylation sites (tertiary alicyclic amines) is 1. The average Bonchev–Trinajstić information content (AvgIpc) is 3.21. The number of rotatable bonds is 6. The zero-order valence-electron chi connectivity index (χ0n) is 22.1. The lowest BCUT2D eigenvalue weighted by Crippen LogP contribution is -2.50. The van der Waals surface area contributed by atoms with E-state index in [9.17, 15) is 21.6 Å². The molecule has 0 radical (unpaired) electrons. The van der Waals surface area contributed by atoms with Crippen LogP contribution in [0, 0.1) is 5.41 Å². The van der Waals surface area contributed by atoms with Crippen LogP contribution in [0.15, 0.2) is 46.3 Å². The van der Waals surface area contributed by atoms with Gasteiger partial charge in [-0.05, 0) is 74.1 Å². The lowest BCUT2D eigenvalue weighted by molar-refractivity contribution is -0.137. The Hall–Kier alpha value is -2.38. The van der Waals surface area contributed by atoms with Crippen molar-refractivity contribution in [1.29, 1.82) is 0 Å². The number of aliphatic imine (C=N–C) groups is 1. The fourth-order valence-electron chi connectivity index (χ4n) is 4.83. The summed E-state index contributed by atoms with van der Waals surface area (Å²) < 4.78 is 69.1. The summed E-state index contributed by atoms with van der Waals surface area (Å²) in [6, 6.07) is 7.53. The maximum Gasteiger partial charge on any atom is 0.417 e. The van der Waals surface area contributed by atoms with Crippen LogP contribution in [0.4, 0.5) is 13.2 Å². The SMILES string of the molecule is CC(C)(C)CCN1CCC(S(=O)(=O)c2ccc(-c3c(Cl)cc(C4(N)N=C(N)NN4)cc3C(F)(F)F)cc2)CC1. The summed E-state index contributed by atoms with van der Waals surface area (Å²) in [7, 11) is -3.65. The van der Waals surface area contributed by atoms with E-state index in [0.717, 1.165) is 19.0 Å². The number of sulfone groups is 1. The summed E-state index contributed by atoms with van der Waals surface area (Å²) in [6.45, 7) is 8.84. The van der Waals surface area contributed by atoms with E-state index in [2.05, 4.69) is 41.5 Å². The molecule has 4 rings (SSSR count). The van der Waals surface area contributed by atoms with Crippen molar-refractivity contribution in [2.75, 3.05) is 19.6 Å². The van der Waals surface area contributed by atoms with Gasteiger partial charge in [0.25, 0.3) is 0 Å². The van der Waals surface area contributed by atoms with E-state index >= 15 is 0 Å². The Kier molecular flexibility index (Phi) is 8.01. The molecule has 0 aliphatic carbocycles. The summed E-state index contributed by atoms with van der Waals surface area (Å²) >= 11 is 6.36. The maximum absolute atomic E-state index is 14.1. The van der Waals surface area contributed by atoms with Crippen molar-refractivity contribution < 1.29 is 21.6 Å². The van der Waals surface area contributed by atoms with Crippen LogP contribution in [0.2, 0.25) is 5.02 Å². The number of hydrogen-bond donors (Lipinski definition) is 4. The first-order valence-electron chi connectivity index (χ1n) is 12.6. The minimum absolute atomic E-state index is 0.0513. The molecule has 0 saturated carbocycles. The second-order valence-corrected chi connectivity index (χ2v) is 13.9. The highest BCUT2D eigenvalue weighted by Crippen LogP contribution is 2.43. The molecule has 0 amide bonds. The van der Waals surface area contributed by atoms with E-state index in [0.29, 0.717) is 25.9 Å². The van der Waals surface area contributed by atoms with Gasteiger partial charge in [-0.1, -0.05) is 44.5 Å². The number of hydrogen-bond acceptors (Lipinski definition) is 8. The molecule has 8 nitrogen and oxygen atoms in total. The number of nitrogens with one attached hydrogen (secondary N) is 2.